The minimum absolute atomic E-state index is 0.535. The predicted molar refractivity (Wildman–Crippen MR) is 37.5 cm³/mol. The van der Waals surface area contributed by atoms with Crippen molar-refractivity contribution >= 4 is 110 Å². The summed E-state index contributed by atoms with van der Waals surface area (Å²) in [5.41, 5.74) is 0. The van der Waals surface area contributed by atoms with E-state index in [1.807, 2.05) is 0 Å². The third-order valence-corrected chi connectivity index (χ3v) is 0. The number of hydrogen-bond donors (Lipinski definition) is 3. The van der Waals surface area contributed by atoms with Gasteiger partial charge in [0.2, 0.25) is 0 Å². The van der Waals surface area contributed by atoms with Gasteiger partial charge in [0.05, 0.1) is 0 Å². The molecule has 0 aromatic heterocycles. The predicted octanol–water partition coefficient (Wildman–Crippen LogP) is -0.311. The zero-order chi connectivity index (χ0) is 8.50. The van der Waals surface area contributed by atoms with Crippen LogP contribution in [-0.4, -0.2) is 109 Å². The van der Waals surface area contributed by atoms with Crippen molar-refractivity contribution in [3.05, 3.63) is 0 Å². The summed E-state index contributed by atoms with van der Waals surface area (Å²) < 4.78 is 18.5. The van der Waals surface area contributed by atoms with E-state index in [9.17, 15) is 0 Å². The zero-order valence-electron chi connectivity index (χ0n) is 4.95. The Bertz CT molecular complexity index is 62.7. The van der Waals surface area contributed by atoms with E-state index in [1.165, 1.54) is 0 Å². The summed E-state index contributed by atoms with van der Waals surface area (Å²) in [6.07, 6.45) is 0. The molecule has 48 valence electrons. The molecule has 0 bridgehead atoms. The van der Waals surface area contributed by atoms with Crippen LogP contribution < -0.4 is 0 Å². The molecule has 0 rings (SSSR count). The van der Waals surface area contributed by atoms with Gasteiger partial charge in [-0.3, -0.25) is 0 Å². The Balaban J connectivity index is -0.0000000771. The van der Waals surface area contributed by atoms with Gasteiger partial charge in [-0.05, 0) is 0 Å². The standard InChI is InChI=1S/2ClH.2K.H3O4P/c;;;;1-5(2,3)4/h2*1H;;;(H3,1,2,3,4)/q;;2*+1;/p-2. The molecule has 9 heteroatoms. The second-order valence-corrected chi connectivity index (χ2v) is 1.54. The molecule has 0 aliphatic heterocycles. The summed E-state index contributed by atoms with van der Waals surface area (Å²) in [6, 6.07) is 0. The van der Waals surface area contributed by atoms with Crippen LogP contribution in [0.3, 0.4) is 0 Å². The molecule has 0 heterocycles. The van der Waals surface area contributed by atoms with Gasteiger partial charge in [0, 0.05) is 0 Å². The molecule has 0 radical (unpaired) electrons. The van der Waals surface area contributed by atoms with Crippen LogP contribution in [-0.2, 0) is 4.57 Å². The molecule has 0 amide bonds. The Labute approximate surface area is 125 Å². The van der Waals surface area contributed by atoms with Gasteiger partial charge in [-0.2, -0.15) is 0 Å². The molecule has 0 saturated carbocycles. The van der Waals surface area contributed by atoms with Crippen molar-refractivity contribution in [2.75, 3.05) is 0 Å². The number of halogens is 2. The first kappa shape index (κ1) is 18.7. The second kappa shape index (κ2) is 14.5. The molecule has 0 spiro atoms. The van der Waals surface area contributed by atoms with Crippen molar-refractivity contribution < 1.29 is 19.2 Å². The van der Waals surface area contributed by atoms with Crippen molar-refractivity contribution in [3.63, 3.8) is 0 Å². The van der Waals surface area contributed by atoms with E-state index in [2.05, 4.69) is 0 Å². The molecule has 0 aromatic carbocycles. The molecule has 0 unspecified atom stereocenters. The van der Waals surface area contributed by atoms with Gasteiger partial charge >= 0.3 is 110 Å². The van der Waals surface area contributed by atoms with E-state index in [0.717, 1.165) is 0 Å². The molecule has 0 atom stereocenters. The molecule has 4 nitrogen and oxygen atoms in total. The summed E-state index contributed by atoms with van der Waals surface area (Å²) in [6.45, 7) is 0. The van der Waals surface area contributed by atoms with Gasteiger partial charge in [0.1, 0.15) is 0 Å². The fraction of sp³-hybridized carbons (Fsp3) is 0. The monoisotopic (exact) mass is 246 g/mol. The van der Waals surface area contributed by atoms with Gasteiger partial charge in [-0.25, -0.2) is 4.57 Å². The zero-order valence-corrected chi connectivity index (χ0v) is 13.6. The summed E-state index contributed by atoms with van der Waals surface area (Å²) in [7, 11) is -4.64. The Kier molecular flexibility index (Phi) is 30.1. The van der Waals surface area contributed by atoms with E-state index in [0.29, 0.717) is 94.3 Å². The Morgan fingerprint density at radius 1 is 1.00 bits per heavy atom. The number of hydrogen-bond acceptors (Lipinski definition) is 1. The first-order chi connectivity index (χ1) is 4.00. The van der Waals surface area contributed by atoms with Gasteiger partial charge in [0.25, 0.3) is 0 Å². The van der Waals surface area contributed by atoms with Crippen LogP contribution in [0.5, 0.6) is 0 Å². The van der Waals surface area contributed by atoms with Gasteiger partial charge in [-0.1, -0.05) is 0 Å². The third kappa shape index (κ3) is 75.6. The van der Waals surface area contributed by atoms with Gasteiger partial charge in [-0.15, -0.1) is 0 Å². The minimum atomic E-state index is -4.64. The summed E-state index contributed by atoms with van der Waals surface area (Å²) in [4.78, 5) is 21.6. The van der Waals surface area contributed by atoms with Crippen molar-refractivity contribution in [1.29, 1.82) is 0 Å². The molecule has 0 aromatic rings. The number of phosphoric acid groups is 1. The summed E-state index contributed by atoms with van der Waals surface area (Å²) in [5, 5.41) is 0. The molecule has 0 saturated heterocycles. The summed E-state index contributed by atoms with van der Waals surface area (Å²) >= 11 is 1.07. The molecule has 3 N–H and O–H groups in total. The molecular weight excluding hydrogens is 244 g/mol. The quantitative estimate of drug-likeness (QED) is 0.405. The topological polar surface area (TPSA) is 77.8 Å². The number of rotatable bonds is 0. The second-order valence-electron chi connectivity index (χ2n) is 0.513. The van der Waals surface area contributed by atoms with Crippen molar-refractivity contribution in [3.8, 4) is 0 Å². The van der Waals surface area contributed by atoms with Crippen LogP contribution in [0.2, 0.25) is 0 Å². The van der Waals surface area contributed by atoms with Crippen molar-refractivity contribution in [1.82, 2.24) is 0 Å². The maximum atomic E-state index is 8.88. The Morgan fingerprint density at radius 3 is 1.00 bits per heavy atom. The van der Waals surface area contributed by atoms with Gasteiger partial charge in [0.15, 0.2) is 0 Å². The fourth-order valence-electron chi connectivity index (χ4n) is 0. The van der Waals surface area contributed by atoms with Crippen LogP contribution in [0.1, 0.15) is 0 Å². The molecule has 0 fully saturated rings. The molecular formula is H3Cl2K2O4P. The van der Waals surface area contributed by atoms with Crippen LogP contribution in [0.15, 0.2) is 0 Å². The van der Waals surface area contributed by atoms with Crippen LogP contribution in [0, 0.1) is 0 Å². The van der Waals surface area contributed by atoms with Crippen LogP contribution >= 0.6 is 15.4 Å². The third-order valence-electron chi connectivity index (χ3n) is 0. The van der Waals surface area contributed by atoms with Crippen LogP contribution in [0.4, 0.5) is 0 Å². The SMILES string of the molecule is O=P(O)(O)O.[Cl][K].[Cl][K]. The molecule has 0 aliphatic rings. The average molecular weight is 247 g/mol. The van der Waals surface area contributed by atoms with Crippen molar-refractivity contribution in [2.24, 2.45) is 0 Å². The normalized spacial score (nSPS) is 8.11. The maximum absolute atomic E-state index is 8.88. The molecule has 9 heavy (non-hydrogen) atoms. The van der Waals surface area contributed by atoms with Gasteiger partial charge < -0.3 is 14.7 Å². The fourth-order valence-corrected chi connectivity index (χ4v) is 0. The van der Waals surface area contributed by atoms with E-state index < -0.39 is 7.82 Å². The summed E-state index contributed by atoms with van der Waals surface area (Å²) in [5.74, 6) is 0. The Hall–Kier alpha value is 3.96. The van der Waals surface area contributed by atoms with E-state index in [4.69, 9.17) is 26.8 Å². The molecule has 0 aliphatic carbocycles. The van der Waals surface area contributed by atoms with Crippen LogP contribution in [0.25, 0.3) is 0 Å². The first-order valence-electron chi connectivity index (χ1n) is 1.54. The van der Waals surface area contributed by atoms with E-state index in [1.54, 1.807) is 0 Å². The van der Waals surface area contributed by atoms with E-state index in [-0.39, 0.29) is 0 Å². The Morgan fingerprint density at radius 2 is 1.00 bits per heavy atom. The van der Waals surface area contributed by atoms with Crippen molar-refractivity contribution in [2.45, 2.75) is 0 Å². The van der Waals surface area contributed by atoms with E-state index >= 15 is 0 Å². The first-order valence-corrected chi connectivity index (χ1v) is 11.7. The average Bonchev–Trinajstić information content (AvgIpc) is 1.72.